The average Bonchev–Trinajstić information content (AvgIpc) is 2.74. The average molecular weight is 421 g/mol. The number of likely N-dealkylation sites (N-methyl/N-ethyl adjacent to an activating group) is 1. The molecular weight excluding hydrogens is 394 g/mol. The third-order valence-corrected chi connectivity index (χ3v) is 4.43. The lowest BCUT2D eigenvalue weighted by atomic mass is 10.1. The van der Waals surface area contributed by atoms with Crippen LogP contribution in [0.2, 0.25) is 0 Å². The van der Waals surface area contributed by atoms with Crippen molar-refractivity contribution in [2.75, 3.05) is 26.0 Å². The second-order valence-corrected chi connectivity index (χ2v) is 7.07. The largest absolute Gasteiger partial charge is 0.490 e. The first-order valence-electron chi connectivity index (χ1n) is 9.90. The number of aryl methyl sites for hydroxylation is 1. The van der Waals surface area contributed by atoms with Crippen LogP contribution in [-0.4, -0.2) is 43.5 Å². The summed E-state index contributed by atoms with van der Waals surface area (Å²) in [7, 11) is 3.32. The third-order valence-electron chi connectivity index (χ3n) is 4.43. The number of rotatable bonds is 8. The van der Waals surface area contributed by atoms with Gasteiger partial charge in [0.25, 0.3) is 11.8 Å². The van der Waals surface area contributed by atoms with E-state index in [0.29, 0.717) is 29.4 Å². The van der Waals surface area contributed by atoms with Gasteiger partial charge in [0.15, 0.2) is 17.6 Å². The number of anilines is 1. The number of nitrogens with one attached hydrogen (secondary N) is 1. The predicted molar refractivity (Wildman–Crippen MR) is 120 cm³/mol. The number of hydrogen-bond acceptors (Lipinski definition) is 5. The van der Waals surface area contributed by atoms with Crippen molar-refractivity contribution in [1.82, 2.24) is 4.90 Å². The summed E-state index contributed by atoms with van der Waals surface area (Å²) in [4.78, 5) is 26.1. The minimum absolute atomic E-state index is 0.0458. The number of para-hydroxylation sites is 1. The molecule has 0 aromatic heterocycles. The van der Waals surface area contributed by atoms with Crippen LogP contribution in [0.15, 0.2) is 48.0 Å². The van der Waals surface area contributed by atoms with Crippen LogP contribution >= 0.6 is 0 Å². The zero-order valence-corrected chi connectivity index (χ0v) is 18.4. The quantitative estimate of drug-likeness (QED) is 0.517. The molecule has 0 radical (unpaired) electrons. The van der Waals surface area contributed by atoms with Gasteiger partial charge in [-0.15, -0.1) is 0 Å². The Kier molecular flexibility index (Phi) is 8.21. The van der Waals surface area contributed by atoms with Crippen LogP contribution in [0.4, 0.5) is 5.69 Å². The number of nitrogens with zero attached hydrogens (tertiary/aromatic N) is 2. The molecule has 0 heterocycles. The Labute approximate surface area is 182 Å². The van der Waals surface area contributed by atoms with Crippen LogP contribution in [0, 0.1) is 18.3 Å². The monoisotopic (exact) mass is 421 g/mol. The molecule has 0 aliphatic heterocycles. The van der Waals surface area contributed by atoms with E-state index < -0.39 is 12.0 Å². The Bertz CT molecular complexity index is 1020. The molecule has 7 nitrogen and oxygen atoms in total. The van der Waals surface area contributed by atoms with Crippen molar-refractivity contribution in [3.05, 3.63) is 59.2 Å². The molecule has 1 N–H and O–H groups in total. The van der Waals surface area contributed by atoms with Gasteiger partial charge < -0.3 is 19.7 Å². The number of ether oxygens (including phenoxy) is 2. The van der Waals surface area contributed by atoms with E-state index >= 15 is 0 Å². The number of carbonyl (C=O) groups excluding carboxylic acids is 2. The van der Waals surface area contributed by atoms with Crippen molar-refractivity contribution in [3.63, 3.8) is 0 Å². The Hall–Kier alpha value is -3.79. The zero-order valence-electron chi connectivity index (χ0n) is 18.4. The molecule has 0 saturated heterocycles. The molecule has 162 valence electrons. The lowest BCUT2D eigenvalue weighted by Crippen LogP contribution is -2.35. The molecular formula is C24H27N3O4. The standard InChI is InChI=1S/C24H27N3O4/c1-6-30-22-14-18(11-12-21(22)31-17(3)24(29)27(4)5)13-19(15-25)23(28)26-20-10-8-7-9-16(20)2/h7-14,17H,6H2,1-5H3,(H,26,28)/b19-13+/t17-/m1/s1. The summed E-state index contributed by atoms with van der Waals surface area (Å²) < 4.78 is 11.4. The minimum atomic E-state index is -0.690. The minimum Gasteiger partial charge on any atom is -0.490 e. The van der Waals surface area contributed by atoms with Gasteiger partial charge in [0.1, 0.15) is 11.6 Å². The molecule has 2 rings (SSSR count). The Morgan fingerprint density at radius 1 is 1.19 bits per heavy atom. The molecule has 2 aromatic rings. The molecule has 0 fully saturated rings. The molecule has 31 heavy (non-hydrogen) atoms. The van der Waals surface area contributed by atoms with E-state index in [4.69, 9.17) is 9.47 Å². The van der Waals surface area contributed by atoms with E-state index in [2.05, 4.69) is 5.32 Å². The molecule has 0 saturated carbocycles. The maximum Gasteiger partial charge on any atom is 0.266 e. The molecule has 0 aliphatic carbocycles. The first kappa shape index (κ1) is 23.5. The highest BCUT2D eigenvalue weighted by Gasteiger charge is 2.19. The van der Waals surface area contributed by atoms with Crippen molar-refractivity contribution in [2.24, 2.45) is 0 Å². The fourth-order valence-corrected chi connectivity index (χ4v) is 2.80. The van der Waals surface area contributed by atoms with Crippen LogP contribution in [0.25, 0.3) is 6.08 Å². The highest BCUT2D eigenvalue weighted by atomic mass is 16.5. The van der Waals surface area contributed by atoms with Crippen molar-refractivity contribution >= 4 is 23.6 Å². The summed E-state index contributed by atoms with van der Waals surface area (Å²) in [6.07, 6.45) is 0.791. The molecule has 2 amide bonds. The molecule has 0 bridgehead atoms. The van der Waals surface area contributed by atoms with E-state index in [-0.39, 0.29) is 11.5 Å². The lowest BCUT2D eigenvalue weighted by molar-refractivity contribution is -0.135. The second-order valence-electron chi connectivity index (χ2n) is 7.07. The lowest BCUT2D eigenvalue weighted by Gasteiger charge is -2.20. The molecule has 0 spiro atoms. The molecule has 0 unspecified atom stereocenters. The summed E-state index contributed by atoms with van der Waals surface area (Å²) >= 11 is 0. The highest BCUT2D eigenvalue weighted by Crippen LogP contribution is 2.30. The third kappa shape index (κ3) is 6.34. The number of carbonyl (C=O) groups is 2. The molecule has 1 atom stereocenters. The van der Waals surface area contributed by atoms with Gasteiger partial charge in [0, 0.05) is 19.8 Å². The fourth-order valence-electron chi connectivity index (χ4n) is 2.80. The van der Waals surface area contributed by atoms with Gasteiger partial charge >= 0.3 is 0 Å². The summed E-state index contributed by atoms with van der Waals surface area (Å²) in [6.45, 7) is 5.76. The van der Waals surface area contributed by atoms with E-state index in [9.17, 15) is 14.9 Å². The summed E-state index contributed by atoms with van der Waals surface area (Å²) in [5.41, 5.74) is 2.09. The van der Waals surface area contributed by atoms with Crippen LogP contribution in [-0.2, 0) is 9.59 Å². The maximum atomic E-state index is 12.6. The van der Waals surface area contributed by atoms with Crippen molar-refractivity contribution in [3.8, 4) is 17.6 Å². The zero-order chi connectivity index (χ0) is 23.0. The van der Waals surface area contributed by atoms with Crippen LogP contribution in [0.1, 0.15) is 25.0 Å². The van der Waals surface area contributed by atoms with Gasteiger partial charge in [-0.05, 0) is 56.2 Å². The first-order valence-corrected chi connectivity index (χ1v) is 9.90. The SMILES string of the molecule is CCOc1cc(/C=C(\C#N)C(=O)Nc2ccccc2C)ccc1O[C@H](C)C(=O)N(C)C. The van der Waals surface area contributed by atoms with Crippen molar-refractivity contribution in [1.29, 1.82) is 5.26 Å². The van der Waals surface area contributed by atoms with E-state index in [1.165, 1.54) is 11.0 Å². The number of amides is 2. The number of hydrogen-bond donors (Lipinski definition) is 1. The van der Waals surface area contributed by atoms with E-state index in [1.807, 2.05) is 38.1 Å². The van der Waals surface area contributed by atoms with Crippen molar-refractivity contribution in [2.45, 2.75) is 26.9 Å². The van der Waals surface area contributed by atoms with Crippen LogP contribution < -0.4 is 14.8 Å². The predicted octanol–water partition coefficient (Wildman–Crippen LogP) is 3.79. The molecule has 7 heteroatoms. The summed E-state index contributed by atoms with van der Waals surface area (Å²) in [5.74, 6) is 0.155. The smallest absolute Gasteiger partial charge is 0.266 e. The maximum absolute atomic E-state index is 12.6. The Morgan fingerprint density at radius 2 is 1.90 bits per heavy atom. The van der Waals surface area contributed by atoms with Gasteiger partial charge in [-0.3, -0.25) is 9.59 Å². The van der Waals surface area contributed by atoms with Crippen molar-refractivity contribution < 1.29 is 19.1 Å². The Morgan fingerprint density at radius 3 is 2.52 bits per heavy atom. The van der Waals surface area contributed by atoms with Gasteiger partial charge in [-0.25, -0.2) is 0 Å². The van der Waals surface area contributed by atoms with Gasteiger partial charge in [-0.2, -0.15) is 5.26 Å². The Balaban J connectivity index is 2.28. The van der Waals surface area contributed by atoms with Gasteiger partial charge in [0.05, 0.1) is 6.61 Å². The molecule has 2 aromatic carbocycles. The summed E-state index contributed by atoms with van der Waals surface area (Å²) in [6, 6.07) is 14.3. The number of nitriles is 1. The van der Waals surface area contributed by atoms with Crippen LogP contribution in [0.3, 0.4) is 0 Å². The van der Waals surface area contributed by atoms with E-state index in [1.54, 1.807) is 45.3 Å². The highest BCUT2D eigenvalue weighted by molar-refractivity contribution is 6.10. The normalized spacial score (nSPS) is 11.8. The van der Waals surface area contributed by atoms with Gasteiger partial charge in [-0.1, -0.05) is 24.3 Å². The molecule has 0 aliphatic rings. The summed E-state index contributed by atoms with van der Waals surface area (Å²) in [5, 5.41) is 12.2. The van der Waals surface area contributed by atoms with Crippen LogP contribution in [0.5, 0.6) is 11.5 Å². The fraction of sp³-hybridized carbons (Fsp3) is 0.292. The number of benzene rings is 2. The van der Waals surface area contributed by atoms with E-state index in [0.717, 1.165) is 5.56 Å². The topological polar surface area (TPSA) is 91.7 Å². The van der Waals surface area contributed by atoms with Gasteiger partial charge in [0.2, 0.25) is 0 Å². The second kappa shape index (κ2) is 10.8. The first-order chi connectivity index (χ1) is 14.8.